The second kappa shape index (κ2) is 8.89. The van der Waals surface area contributed by atoms with Crippen LogP contribution in [0.1, 0.15) is 32.3 Å². The maximum atomic E-state index is 12.8. The lowest BCUT2D eigenvalue weighted by atomic mass is 10.1. The standard InChI is InChI=1S/C19H26N6O4/c1-4-8-24-17-15(18(27)25(9-5-2)19(24)28)22-16(23-17)12-6-7-13(20-10-12)21-11-14(26)29-3/h6-7,10,15,17H,4-5,8-9,11H2,1-3H3,(H,20,21)(H,22,23). The number of nitrogens with one attached hydrogen (secondary N) is 2. The third kappa shape index (κ3) is 4.15. The molecule has 1 saturated heterocycles. The number of anilines is 1. The van der Waals surface area contributed by atoms with E-state index in [-0.39, 0.29) is 18.5 Å². The van der Waals surface area contributed by atoms with Crippen LogP contribution in [0.3, 0.4) is 0 Å². The predicted octanol–water partition coefficient (Wildman–Crippen LogP) is 0.795. The molecule has 2 aliphatic rings. The van der Waals surface area contributed by atoms with Gasteiger partial charge in [-0.15, -0.1) is 0 Å². The SMILES string of the molecule is CCCN1C(=O)C2NC(c3ccc(NCC(=O)OC)nc3)=NC2N(CCC)C1=O. The number of ether oxygens (including phenoxy) is 1. The summed E-state index contributed by atoms with van der Waals surface area (Å²) in [5.41, 5.74) is 0.696. The first-order valence-corrected chi connectivity index (χ1v) is 9.73. The van der Waals surface area contributed by atoms with E-state index in [2.05, 4.69) is 25.3 Å². The summed E-state index contributed by atoms with van der Waals surface area (Å²) in [6.07, 6.45) is 2.52. The number of amides is 3. The molecule has 3 amide bonds. The third-order valence-corrected chi connectivity index (χ3v) is 4.77. The lowest BCUT2D eigenvalue weighted by molar-refractivity contribution is -0.138. The fourth-order valence-corrected chi connectivity index (χ4v) is 3.36. The Morgan fingerprint density at radius 2 is 2.00 bits per heavy atom. The molecule has 0 radical (unpaired) electrons. The molecule has 10 heteroatoms. The van der Waals surface area contributed by atoms with Crippen LogP contribution in [-0.4, -0.2) is 77.5 Å². The van der Waals surface area contributed by atoms with Crippen LogP contribution in [0.5, 0.6) is 0 Å². The predicted molar refractivity (Wildman–Crippen MR) is 106 cm³/mol. The normalized spacial score (nSPS) is 20.9. The molecule has 0 aliphatic carbocycles. The van der Waals surface area contributed by atoms with Gasteiger partial charge in [0.25, 0.3) is 5.91 Å². The Morgan fingerprint density at radius 1 is 1.24 bits per heavy atom. The fourth-order valence-electron chi connectivity index (χ4n) is 3.36. The number of esters is 1. The summed E-state index contributed by atoms with van der Waals surface area (Å²) in [6, 6.07) is 2.62. The lowest BCUT2D eigenvalue weighted by Gasteiger charge is -2.40. The monoisotopic (exact) mass is 402 g/mol. The Kier molecular flexibility index (Phi) is 6.30. The van der Waals surface area contributed by atoms with Crippen LogP contribution >= 0.6 is 0 Å². The molecule has 156 valence electrons. The number of carbonyl (C=O) groups is 3. The number of hydrogen-bond acceptors (Lipinski definition) is 8. The van der Waals surface area contributed by atoms with Crippen LogP contribution in [-0.2, 0) is 14.3 Å². The van der Waals surface area contributed by atoms with Crippen LogP contribution in [0.4, 0.5) is 10.6 Å². The minimum Gasteiger partial charge on any atom is -0.468 e. The first-order chi connectivity index (χ1) is 14.0. The zero-order valence-corrected chi connectivity index (χ0v) is 16.8. The maximum absolute atomic E-state index is 12.8. The second-order valence-electron chi connectivity index (χ2n) is 6.84. The van der Waals surface area contributed by atoms with Gasteiger partial charge in [0.05, 0.1) is 7.11 Å². The molecular formula is C19H26N6O4. The Morgan fingerprint density at radius 3 is 2.62 bits per heavy atom. The molecule has 3 rings (SSSR count). The Bertz CT molecular complexity index is 809. The van der Waals surface area contributed by atoms with E-state index >= 15 is 0 Å². The zero-order valence-electron chi connectivity index (χ0n) is 16.8. The molecule has 29 heavy (non-hydrogen) atoms. The number of aliphatic imine (C=N–C) groups is 1. The molecular weight excluding hydrogens is 376 g/mol. The smallest absolute Gasteiger partial charge is 0.328 e. The number of urea groups is 1. The van der Waals surface area contributed by atoms with Crippen molar-refractivity contribution in [1.82, 2.24) is 20.1 Å². The summed E-state index contributed by atoms with van der Waals surface area (Å²) in [5, 5.41) is 6.03. The molecule has 0 spiro atoms. The topological polar surface area (TPSA) is 116 Å². The molecule has 2 aliphatic heterocycles. The molecule has 10 nitrogen and oxygen atoms in total. The van der Waals surface area contributed by atoms with Crippen molar-refractivity contribution in [2.24, 2.45) is 4.99 Å². The third-order valence-electron chi connectivity index (χ3n) is 4.77. The van der Waals surface area contributed by atoms with Crippen molar-refractivity contribution in [1.29, 1.82) is 0 Å². The van der Waals surface area contributed by atoms with Crippen molar-refractivity contribution in [2.45, 2.75) is 38.9 Å². The zero-order chi connectivity index (χ0) is 21.0. The van der Waals surface area contributed by atoms with E-state index in [1.165, 1.54) is 12.0 Å². The van der Waals surface area contributed by atoms with E-state index in [0.29, 0.717) is 36.7 Å². The van der Waals surface area contributed by atoms with Crippen molar-refractivity contribution in [3.63, 3.8) is 0 Å². The van der Waals surface area contributed by atoms with E-state index in [1.807, 2.05) is 13.8 Å². The van der Waals surface area contributed by atoms with E-state index in [4.69, 9.17) is 0 Å². The number of nitrogens with zero attached hydrogens (tertiary/aromatic N) is 4. The number of amidine groups is 1. The summed E-state index contributed by atoms with van der Waals surface area (Å²) in [4.78, 5) is 48.7. The number of methoxy groups -OCH3 is 1. The van der Waals surface area contributed by atoms with Crippen LogP contribution in [0, 0.1) is 0 Å². The van der Waals surface area contributed by atoms with Crippen molar-refractivity contribution in [2.75, 3.05) is 32.1 Å². The van der Waals surface area contributed by atoms with Crippen LogP contribution < -0.4 is 10.6 Å². The molecule has 1 aromatic rings. The van der Waals surface area contributed by atoms with Crippen LogP contribution in [0.2, 0.25) is 0 Å². The molecule has 1 aromatic heterocycles. The summed E-state index contributed by atoms with van der Waals surface area (Å²) < 4.78 is 4.58. The number of rotatable bonds is 8. The summed E-state index contributed by atoms with van der Waals surface area (Å²) in [5.74, 6) is 0.394. The molecule has 2 N–H and O–H groups in total. The Labute approximate surface area is 169 Å². The first kappa shape index (κ1) is 20.6. The number of imide groups is 1. The maximum Gasteiger partial charge on any atom is 0.328 e. The van der Waals surface area contributed by atoms with Gasteiger partial charge in [-0.2, -0.15) is 0 Å². The van der Waals surface area contributed by atoms with E-state index in [0.717, 1.165) is 6.42 Å². The summed E-state index contributed by atoms with van der Waals surface area (Å²) >= 11 is 0. The van der Waals surface area contributed by atoms with Crippen molar-refractivity contribution in [3.8, 4) is 0 Å². The van der Waals surface area contributed by atoms with Gasteiger partial charge < -0.3 is 15.4 Å². The van der Waals surface area contributed by atoms with Crippen molar-refractivity contribution in [3.05, 3.63) is 23.9 Å². The molecule has 2 atom stereocenters. The van der Waals surface area contributed by atoms with Gasteiger partial charge >= 0.3 is 12.0 Å². The fraction of sp³-hybridized carbons (Fsp3) is 0.526. The highest BCUT2D eigenvalue weighted by Gasteiger charge is 2.49. The minimum atomic E-state index is -0.599. The highest BCUT2D eigenvalue weighted by atomic mass is 16.5. The number of carbonyl (C=O) groups excluding carboxylic acids is 3. The van der Waals surface area contributed by atoms with E-state index in [9.17, 15) is 14.4 Å². The molecule has 1 fully saturated rings. The average Bonchev–Trinajstić information content (AvgIpc) is 3.18. The van der Waals surface area contributed by atoms with Gasteiger partial charge in [0.1, 0.15) is 24.2 Å². The minimum absolute atomic E-state index is 0.0159. The first-order valence-electron chi connectivity index (χ1n) is 9.73. The van der Waals surface area contributed by atoms with Gasteiger partial charge in [0, 0.05) is 24.8 Å². The highest BCUT2D eigenvalue weighted by molar-refractivity contribution is 6.08. The number of pyridine rings is 1. The number of fused-ring (bicyclic) bond motifs is 1. The van der Waals surface area contributed by atoms with E-state index < -0.39 is 18.2 Å². The average molecular weight is 402 g/mol. The molecule has 0 bridgehead atoms. The number of aromatic nitrogens is 1. The van der Waals surface area contributed by atoms with Crippen molar-refractivity contribution < 1.29 is 19.1 Å². The quantitative estimate of drug-likeness (QED) is 0.618. The largest absolute Gasteiger partial charge is 0.468 e. The van der Waals surface area contributed by atoms with Gasteiger partial charge in [0.15, 0.2) is 6.17 Å². The van der Waals surface area contributed by atoms with Crippen molar-refractivity contribution >= 4 is 29.6 Å². The van der Waals surface area contributed by atoms with Gasteiger partial charge in [-0.05, 0) is 25.0 Å². The molecule has 0 aromatic carbocycles. The molecule has 0 saturated carbocycles. The van der Waals surface area contributed by atoms with Crippen LogP contribution in [0.15, 0.2) is 23.3 Å². The number of hydrogen-bond donors (Lipinski definition) is 2. The van der Waals surface area contributed by atoms with Gasteiger partial charge in [-0.3, -0.25) is 19.4 Å². The lowest BCUT2D eigenvalue weighted by Crippen LogP contribution is -2.65. The molecule has 3 heterocycles. The highest BCUT2D eigenvalue weighted by Crippen LogP contribution is 2.25. The van der Waals surface area contributed by atoms with E-state index in [1.54, 1.807) is 23.2 Å². The van der Waals surface area contributed by atoms with Gasteiger partial charge in [0.2, 0.25) is 0 Å². The Balaban J connectivity index is 1.78. The summed E-state index contributed by atoms with van der Waals surface area (Å²) in [6.45, 7) is 4.85. The Hall–Kier alpha value is -3.17. The second-order valence-corrected chi connectivity index (χ2v) is 6.84. The van der Waals surface area contributed by atoms with Gasteiger partial charge in [-0.1, -0.05) is 13.8 Å². The molecule has 2 unspecified atom stereocenters. The van der Waals surface area contributed by atoms with Gasteiger partial charge in [-0.25, -0.2) is 14.8 Å². The summed E-state index contributed by atoms with van der Waals surface area (Å²) in [7, 11) is 1.32. The van der Waals surface area contributed by atoms with Crippen LogP contribution in [0.25, 0.3) is 0 Å².